The van der Waals surface area contributed by atoms with E-state index < -0.39 is 21.3 Å². The Morgan fingerprint density at radius 3 is 2.03 bits per heavy atom. The first kappa shape index (κ1) is 24.5. The van der Waals surface area contributed by atoms with E-state index in [9.17, 15) is 13.2 Å². The zero-order valence-corrected chi connectivity index (χ0v) is 21.4. The van der Waals surface area contributed by atoms with Crippen LogP contribution in [0.15, 0.2) is 84.9 Å². The molecule has 0 spiro atoms. The van der Waals surface area contributed by atoms with Gasteiger partial charge in [0.1, 0.15) is 5.78 Å². The molecule has 2 bridgehead atoms. The molecule has 1 aromatic heterocycles. The van der Waals surface area contributed by atoms with Crippen LogP contribution >= 0.6 is 0 Å². The SMILES string of the molecule is CC1(C)C2CCC1(CS(=O)(=O)O)C(=O)C2.c1ccc(-c2[nH]c3ccccc3c2-c2ccccc2)cc1. The molecule has 2 fully saturated rings. The van der Waals surface area contributed by atoms with E-state index in [4.69, 9.17) is 4.55 Å². The number of carbonyl (C=O) groups is 1. The second-order valence-corrected chi connectivity index (χ2v) is 12.0. The van der Waals surface area contributed by atoms with Gasteiger partial charge in [-0.3, -0.25) is 9.35 Å². The van der Waals surface area contributed by atoms with Gasteiger partial charge in [-0.25, -0.2) is 0 Å². The van der Waals surface area contributed by atoms with E-state index in [0.29, 0.717) is 12.8 Å². The molecule has 2 aliphatic carbocycles. The molecule has 6 rings (SSSR count). The van der Waals surface area contributed by atoms with Crippen LogP contribution in [0.2, 0.25) is 0 Å². The molecule has 2 unspecified atom stereocenters. The quantitative estimate of drug-likeness (QED) is 0.302. The van der Waals surface area contributed by atoms with Crippen LogP contribution in [-0.4, -0.2) is 29.5 Å². The Morgan fingerprint density at radius 1 is 0.889 bits per heavy atom. The maximum absolute atomic E-state index is 11.9. The highest BCUT2D eigenvalue weighted by atomic mass is 32.2. The Balaban J connectivity index is 0.000000157. The van der Waals surface area contributed by atoms with E-state index in [1.807, 2.05) is 19.9 Å². The fourth-order valence-electron chi connectivity index (χ4n) is 6.29. The molecule has 36 heavy (non-hydrogen) atoms. The van der Waals surface area contributed by atoms with E-state index in [0.717, 1.165) is 6.42 Å². The van der Waals surface area contributed by atoms with Gasteiger partial charge in [0.25, 0.3) is 10.1 Å². The number of benzene rings is 3. The molecule has 5 nitrogen and oxygen atoms in total. The molecule has 4 aromatic rings. The van der Waals surface area contributed by atoms with Crippen LogP contribution in [-0.2, 0) is 14.9 Å². The Bertz CT molecular complexity index is 1510. The molecule has 186 valence electrons. The maximum atomic E-state index is 11.9. The number of nitrogens with one attached hydrogen (secondary N) is 1. The number of fused-ring (bicyclic) bond motifs is 3. The highest BCUT2D eigenvalue weighted by Gasteiger charge is 2.65. The molecule has 1 heterocycles. The Labute approximate surface area is 212 Å². The number of aromatic amines is 1. The minimum Gasteiger partial charge on any atom is -0.354 e. The van der Waals surface area contributed by atoms with E-state index >= 15 is 0 Å². The van der Waals surface area contributed by atoms with Crippen LogP contribution in [0.25, 0.3) is 33.3 Å². The number of H-pyrrole nitrogens is 1. The molecule has 0 saturated heterocycles. The lowest BCUT2D eigenvalue weighted by Crippen LogP contribution is -2.42. The monoisotopic (exact) mass is 501 g/mol. The van der Waals surface area contributed by atoms with Crippen LogP contribution in [0, 0.1) is 16.7 Å². The number of rotatable bonds is 4. The topological polar surface area (TPSA) is 87.2 Å². The van der Waals surface area contributed by atoms with Crippen LogP contribution in [0.5, 0.6) is 0 Å². The zero-order chi connectivity index (χ0) is 25.6. The second kappa shape index (κ2) is 9.02. The summed E-state index contributed by atoms with van der Waals surface area (Å²) in [7, 11) is -4.08. The van der Waals surface area contributed by atoms with Crippen molar-refractivity contribution in [3.05, 3.63) is 84.9 Å². The van der Waals surface area contributed by atoms with Crippen molar-refractivity contribution < 1.29 is 17.8 Å². The molecule has 0 radical (unpaired) electrons. The normalized spacial score (nSPS) is 22.4. The fraction of sp³-hybridized carbons (Fsp3) is 0.300. The predicted octanol–water partition coefficient (Wildman–Crippen LogP) is 6.77. The van der Waals surface area contributed by atoms with Crippen molar-refractivity contribution in [3.63, 3.8) is 0 Å². The first-order valence-electron chi connectivity index (χ1n) is 12.3. The standard InChI is InChI=1S/C20H15N.C10H16O4S/c1-3-9-15(10-4-1)19-17-13-7-8-14-18(17)21-20(19)16-11-5-2-6-12-16;1-9(2)7-3-4-10(9,8(11)5-7)6-15(12,13)14/h1-14,21H;7H,3-6H2,1-2H3,(H,12,13,14). The summed E-state index contributed by atoms with van der Waals surface area (Å²) in [6, 6.07) is 29.6. The van der Waals surface area contributed by atoms with E-state index in [-0.39, 0.29) is 17.1 Å². The molecule has 2 saturated carbocycles. The third-order valence-corrected chi connectivity index (χ3v) is 9.26. The van der Waals surface area contributed by atoms with Gasteiger partial charge in [0.05, 0.1) is 16.9 Å². The lowest BCUT2D eigenvalue weighted by molar-refractivity contribution is -0.128. The summed E-state index contributed by atoms with van der Waals surface area (Å²) in [6.45, 7) is 3.89. The van der Waals surface area contributed by atoms with E-state index in [1.165, 1.54) is 33.3 Å². The van der Waals surface area contributed by atoms with Gasteiger partial charge in [-0.15, -0.1) is 0 Å². The molecule has 6 heteroatoms. The third-order valence-electron chi connectivity index (χ3n) is 8.40. The average molecular weight is 502 g/mol. The van der Waals surface area contributed by atoms with Crippen molar-refractivity contribution in [2.45, 2.75) is 33.1 Å². The molecule has 2 aliphatic rings. The number of Topliss-reactive ketones (excluding diaryl/α,β-unsaturated/α-hetero) is 1. The minimum atomic E-state index is -4.08. The van der Waals surface area contributed by atoms with Gasteiger partial charge in [-0.2, -0.15) is 8.42 Å². The van der Waals surface area contributed by atoms with Crippen molar-refractivity contribution in [1.82, 2.24) is 4.98 Å². The van der Waals surface area contributed by atoms with Crippen molar-refractivity contribution in [2.75, 3.05) is 5.75 Å². The molecule has 0 amide bonds. The van der Waals surface area contributed by atoms with Gasteiger partial charge in [0.2, 0.25) is 0 Å². The molecular weight excluding hydrogens is 470 g/mol. The minimum absolute atomic E-state index is 0.0152. The largest absolute Gasteiger partial charge is 0.354 e. The number of ketones is 1. The first-order valence-corrected chi connectivity index (χ1v) is 13.9. The second-order valence-electron chi connectivity index (χ2n) is 10.5. The van der Waals surface area contributed by atoms with E-state index in [1.54, 1.807) is 0 Å². The van der Waals surface area contributed by atoms with Crippen molar-refractivity contribution in [2.24, 2.45) is 16.7 Å². The highest BCUT2D eigenvalue weighted by Crippen LogP contribution is 2.64. The molecule has 2 atom stereocenters. The molecular formula is C30H31NO4S. The summed E-state index contributed by atoms with van der Waals surface area (Å²) in [6.07, 6.45) is 1.97. The summed E-state index contributed by atoms with van der Waals surface area (Å²) < 4.78 is 31.0. The van der Waals surface area contributed by atoms with Crippen LogP contribution in [0.3, 0.4) is 0 Å². The first-order chi connectivity index (χ1) is 17.1. The number of hydrogen-bond donors (Lipinski definition) is 2. The van der Waals surface area contributed by atoms with Gasteiger partial charge >= 0.3 is 0 Å². The Kier molecular flexibility index (Phi) is 6.13. The Hall–Kier alpha value is -3.22. The highest BCUT2D eigenvalue weighted by molar-refractivity contribution is 7.85. The lowest BCUT2D eigenvalue weighted by Gasteiger charge is -2.35. The average Bonchev–Trinajstić information content (AvgIpc) is 3.41. The van der Waals surface area contributed by atoms with Crippen molar-refractivity contribution in [1.29, 1.82) is 0 Å². The van der Waals surface area contributed by atoms with Gasteiger partial charge in [-0.1, -0.05) is 92.7 Å². The van der Waals surface area contributed by atoms with E-state index in [2.05, 4.69) is 83.8 Å². The molecule has 2 N–H and O–H groups in total. The number of hydrogen-bond acceptors (Lipinski definition) is 3. The summed E-state index contributed by atoms with van der Waals surface area (Å²) in [5.74, 6) is -0.101. The smallest absolute Gasteiger partial charge is 0.265 e. The predicted molar refractivity (Wildman–Crippen MR) is 144 cm³/mol. The van der Waals surface area contributed by atoms with Gasteiger partial charge in [0, 0.05) is 22.9 Å². The summed E-state index contributed by atoms with van der Waals surface area (Å²) in [5, 5.41) is 1.27. The fourth-order valence-corrected chi connectivity index (χ4v) is 7.59. The van der Waals surface area contributed by atoms with Crippen LogP contribution in [0.4, 0.5) is 0 Å². The third kappa shape index (κ3) is 4.18. The van der Waals surface area contributed by atoms with Crippen molar-refractivity contribution >= 4 is 26.8 Å². The van der Waals surface area contributed by atoms with Crippen LogP contribution in [0.1, 0.15) is 33.1 Å². The summed E-state index contributed by atoms with van der Waals surface area (Å²) >= 11 is 0. The Morgan fingerprint density at radius 2 is 1.47 bits per heavy atom. The lowest BCUT2D eigenvalue weighted by atomic mass is 9.70. The number of para-hydroxylation sites is 1. The van der Waals surface area contributed by atoms with Gasteiger partial charge < -0.3 is 4.98 Å². The van der Waals surface area contributed by atoms with Crippen molar-refractivity contribution in [3.8, 4) is 22.4 Å². The van der Waals surface area contributed by atoms with Gasteiger partial charge in [0.15, 0.2) is 0 Å². The summed E-state index contributed by atoms with van der Waals surface area (Å²) in [5.41, 5.74) is 4.97. The molecule has 3 aromatic carbocycles. The molecule has 0 aliphatic heterocycles. The maximum Gasteiger partial charge on any atom is 0.265 e. The van der Waals surface area contributed by atoms with Gasteiger partial charge in [-0.05, 0) is 41.4 Å². The number of carbonyl (C=O) groups excluding carboxylic acids is 1. The zero-order valence-electron chi connectivity index (χ0n) is 20.6. The van der Waals surface area contributed by atoms with Crippen LogP contribution < -0.4 is 0 Å². The number of aromatic nitrogens is 1. The summed E-state index contributed by atoms with van der Waals surface area (Å²) in [4.78, 5) is 15.5.